The van der Waals surface area contributed by atoms with Crippen LogP contribution in [0.4, 0.5) is 0 Å². The summed E-state index contributed by atoms with van der Waals surface area (Å²) in [6.45, 7) is 4.81. The Labute approximate surface area is 145 Å². The van der Waals surface area contributed by atoms with Gasteiger partial charge in [-0.2, -0.15) is 0 Å². The van der Waals surface area contributed by atoms with E-state index in [2.05, 4.69) is 19.9 Å². The van der Waals surface area contributed by atoms with Crippen LogP contribution in [0.1, 0.15) is 65.2 Å². The summed E-state index contributed by atoms with van der Waals surface area (Å²) in [7, 11) is 1.54. The fraction of sp³-hybridized carbons (Fsp3) is 0.857. The van der Waals surface area contributed by atoms with Crippen LogP contribution in [-0.4, -0.2) is 24.3 Å². The first-order valence-electron chi connectivity index (χ1n) is 9.85. The number of aliphatic hydroxyl groups is 1. The number of aliphatic hydroxyl groups excluding tert-OH is 1. The second-order valence-corrected chi connectivity index (χ2v) is 9.35. The van der Waals surface area contributed by atoms with Gasteiger partial charge >= 0.3 is 5.97 Å². The molecule has 0 unspecified atom stereocenters. The molecule has 3 fully saturated rings. The average molecular weight is 332 g/mol. The fourth-order valence-corrected chi connectivity index (χ4v) is 7.17. The first-order chi connectivity index (χ1) is 11.4. The first-order valence-corrected chi connectivity index (χ1v) is 9.85. The number of carbonyl (C=O) groups is 1. The Balaban J connectivity index is 1.64. The van der Waals surface area contributed by atoms with Crippen molar-refractivity contribution in [2.75, 3.05) is 7.11 Å². The molecule has 0 amide bonds. The van der Waals surface area contributed by atoms with E-state index < -0.39 is 0 Å². The van der Waals surface area contributed by atoms with Crippen LogP contribution in [-0.2, 0) is 9.53 Å². The van der Waals surface area contributed by atoms with Crippen LogP contribution in [0.15, 0.2) is 11.6 Å². The summed E-state index contributed by atoms with van der Waals surface area (Å²) in [5, 5.41) is 10.1. The minimum absolute atomic E-state index is 0.0116. The maximum Gasteiger partial charge on any atom is 0.309 e. The molecule has 0 saturated heterocycles. The lowest BCUT2D eigenvalue weighted by Gasteiger charge is -2.57. The highest BCUT2D eigenvalue weighted by molar-refractivity contribution is 5.73. The van der Waals surface area contributed by atoms with Crippen LogP contribution >= 0.6 is 0 Å². The van der Waals surface area contributed by atoms with Gasteiger partial charge in [0.15, 0.2) is 0 Å². The van der Waals surface area contributed by atoms with Crippen LogP contribution in [0.3, 0.4) is 0 Å². The molecule has 0 heterocycles. The van der Waals surface area contributed by atoms with E-state index >= 15 is 0 Å². The van der Waals surface area contributed by atoms with Gasteiger partial charge in [0, 0.05) is 0 Å². The van der Waals surface area contributed by atoms with Crippen molar-refractivity contribution in [3.63, 3.8) is 0 Å². The van der Waals surface area contributed by atoms with Crippen molar-refractivity contribution in [1.29, 1.82) is 0 Å². The zero-order chi connectivity index (χ0) is 17.1. The molecule has 0 aromatic rings. The lowest BCUT2D eigenvalue weighted by Crippen LogP contribution is -2.51. The molecule has 4 aliphatic rings. The molecule has 7 atom stereocenters. The summed E-state index contributed by atoms with van der Waals surface area (Å²) < 4.78 is 5.12. The molecule has 0 radical (unpaired) electrons. The molecular weight excluding hydrogens is 300 g/mol. The van der Waals surface area contributed by atoms with Crippen LogP contribution in [0, 0.1) is 34.5 Å². The lowest BCUT2D eigenvalue weighted by atomic mass is 9.47. The minimum atomic E-state index is -0.134. The summed E-state index contributed by atoms with van der Waals surface area (Å²) >= 11 is 0. The van der Waals surface area contributed by atoms with Crippen molar-refractivity contribution >= 4 is 5.97 Å². The van der Waals surface area contributed by atoms with E-state index in [1.54, 1.807) is 0 Å². The zero-order valence-corrected chi connectivity index (χ0v) is 15.4. The van der Waals surface area contributed by atoms with Crippen molar-refractivity contribution in [3.05, 3.63) is 11.6 Å². The number of carbonyl (C=O) groups excluding carboxylic acids is 1. The van der Waals surface area contributed by atoms with E-state index in [0.29, 0.717) is 11.8 Å². The minimum Gasteiger partial charge on any atom is -0.469 e. The van der Waals surface area contributed by atoms with Crippen molar-refractivity contribution in [2.45, 2.75) is 71.3 Å². The Hall–Kier alpha value is -0.830. The number of allylic oxidation sites excluding steroid dienone is 1. The molecule has 134 valence electrons. The summed E-state index contributed by atoms with van der Waals surface area (Å²) in [6.07, 6.45) is 11.0. The molecule has 0 bridgehead atoms. The highest BCUT2D eigenvalue weighted by Gasteiger charge is 2.60. The number of fused-ring (bicyclic) bond motifs is 5. The van der Waals surface area contributed by atoms with E-state index in [9.17, 15) is 9.90 Å². The third-order valence-electron chi connectivity index (χ3n) is 8.56. The third-order valence-corrected chi connectivity index (χ3v) is 8.56. The van der Waals surface area contributed by atoms with Crippen molar-refractivity contribution in [1.82, 2.24) is 0 Å². The normalized spacial score (nSPS) is 50.3. The highest BCUT2D eigenvalue weighted by atomic mass is 16.5. The Bertz CT molecular complexity index is 567. The molecular formula is C21H32O3. The van der Waals surface area contributed by atoms with Crippen LogP contribution in [0.5, 0.6) is 0 Å². The van der Waals surface area contributed by atoms with Crippen molar-refractivity contribution in [3.8, 4) is 0 Å². The van der Waals surface area contributed by atoms with Gasteiger partial charge in [-0.25, -0.2) is 0 Å². The molecule has 0 spiro atoms. The topological polar surface area (TPSA) is 46.5 Å². The summed E-state index contributed by atoms with van der Waals surface area (Å²) in [5.74, 6) is 2.21. The van der Waals surface area contributed by atoms with Gasteiger partial charge in [0.05, 0.1) is 19.1 Å². The molecule has 0 aliphatic heterocycles. The largest absolute Gasteiger partial charge is 0.469 e. The predicted molar refractivity (Wildman–Crippen MR) is 93.2 cm³/mol. The smallest absolute Gasteiger partial charge is 0.309 e. The molecule has 3 nitrogen and oxygen atoms in total. The maximum atomic E-state index is 12.3. The number of esters is 1. The highest BCUT2D eigenvalue weighted by Crippen LogP contribution is 2.66. The van der Waals surface area contributed by atoms with Gasteiger partial charge in [0.25, 0.3) is 0 Å². The molecule has 24 heavy (non-hydrogen) atoms. The van der Waals surface area contributed by atoms with Crippen LogP contribution in [0.2, 0.25) is 0 Å². The lowest BCUT2D eigenvalue weighted by molar-refractivity contribution is -0.152. The third kappa shape index (κ3) is 2.16. The van der Waals surface area contributed by atoms with E-state index in [1.165, 1.54) is 25.5 Å². The van der Waals surface area contributed by atoms with Crippen LogP contribution in [0.25, 0.3) is 0 Å². The van der Waals surface area contributed by atoms with Crippen LogP contribution < -0.4 is 0 Å². The van der Waals surface area contributed by atoms with Gasteiger partial charge in [-0.3, -0.25) is 4.79 Å². The summed E-state index contributed by atoms with van der Waals surface area (Å²) in [4.78, 5) is 12.3. The number of ether oxygens (including phenoxy) is 1. The summed E-state index contributed by atoms with van der Waals surface area (Å²) in [6, 6.07) is 0. The number of methoxy groups -OCH3 is 1. The molecule has 4 aliphatic carbocycles. The van der Waals surface area contributed by atoms with Gasteiger partial charge in [-0.1, -0.05) is 25.5 Å². The fourth-order valence-electron chi connectivity index (χ4n) is 7.17. The number of rotatable bonds is 1. The Morgan fingerprint density at radius 3 is 2.71 bits per heavy atom. The average Bonchev–Trinajstić information content (AvgIpc) is 2.92. The van der Waals surface area contributed by atoms with Gasteiger partial charge in [-0.05, 0) is 80.0 Å². The zero-order valence-electron chi connectivity index (χ0n) is 15.4. The van der Waals surface area contributed by atoms with Gasteiger partial charge in [0.2, 0.25) is 0 Å². The van der Waals surface area contributed by atoms with E-state index in [1.807, 2.05) is 0 Å². The molecule has 4 rings (SSSR count). The predicted octanol–water partition coefficient (Wildman–Crippen LogP) is 4.10. The molecule has 3 heteroatoms. The Morgan fingerprint density at radius 1 is 1.17 bits per heavy atom. The van der Waals surface area contributed by atoms with Gasteiger partial charge < -0.3 is 9.84 Å². The number of hydrogen-bond donors (Lipinski definition) is 1. The van der Waals surface area contributed by atoms with Crippen molar-refractivity contribution in [2.24, 2.45) is 34.5 Å². The quantitative estimate of drug-likeness (QED) is 0.581. The van der Waals surface area contributed by atoms with E-state index in [0.717, 1.165) is 44.4 Å². The SMILES string of the molecule is COC(=O)[C@H]1CC[C@H]2[C@@H]3CC=C4C[C@@H](O)CC[C@]4(C)[C@@H]3CC[C@]12C. The Kier molecular flexibility index (Phi) is 3.87. The van der Waals surface area contributed by atoms with Gasteiger partial charge in [-0.15, -0.1) is 0 Å². The monoisotopic (exact) mass is 332 g/mol. The molecule has 1 N–H and O–H groups in total. The molecule has 0 aromatic carbocycles. The second kappa shape index (κ2) is 5.59. The maximum absolute atomic E-state index is 12.3. The van der Waals surface area contributed by atoms with Gasteiger partial charge in [0.1, 0.15) is 0 Å². The second-order valence-electron chi connectivity index (χ2n) is 9.35. The van der Waals surface area contributed by atoms with E-state index in [4.69, 9.17) is 4.74 Å². The van der Waals surface area contributed by atoms with E-state index in [-0.39, 0.29) is 28.8 Å². The molecule has 0 aromatic heterocycles. The Morgan fingerprint density at radius 2 is 1.96 bits per heavy atom. The summed E-state index contributed by atoms with van der Waals surface area (Å²) in [5.41, 5.74) is 1.94. The standard InChI is InChI=1S/C21H32O3/c1-20-10-8-14(22)12-13(20)4-5-15-16-6-7-18(19(23)24-3)21(16,2)11-9-17(15)20/h4,14-18,22H,5-12H2,1-3H3/t14-,15-,16-,17+,18+,20-,21-/m0/s1. The first kappa shape index (κ1) is 16.6. The van der Waals surface area contributed by atoms with Crippen molar-refractivity contribution < 1.29 is 14.6 Å². The molecule has 3 saturated carbocycles. The number of hydrogen-bond acceptors (Lipinski definition) is 3.